The Bertz CT molecular complexity index is 345. The quantitative estimate of drug-likeness (QED) is 0.700. The first-order chi connectivity index (χ1) is 6.11. The monoisotopic (exact) mass is 177 g/mol. The van der Waals surface area contributed by atoms with Gasteiger partial charge in [0.2, 0.25) is 5.91 Å². The van der Waals surface area contributed by atoms with Gasteiger partial charge in [-0.3, -0.25) is 9.59 Å². The molecule has 0 aliphatic heterocycles. The Morgan fingerprint density at radius 1 is 1.38 bits per heavy atom. The summed E-state index contributed by atoms with van der Waals surface area (Å²) in [7, 11) is 0. The molecule has 0 saturated carbocycles. The van der Waals surface area contributed by atoms with Crippen LogP contribution in [0.5, 0.6) is 0 Å². The van der Waals surface area contributed by atoms with E-state index in [4.69, 9.17) is 0 Å². The molecule has 13 heavy (non-hydrogen) atoms. The fraction of sp³-hybridized carbons (Fsp3) is 0.200. The van der Waals surface area contributed by atoms with Crippen LogP contribution in [0.1, 0.15) is 22.8 Å². The van der Waals surface area contributed by atoms with E-state index in [2.05, 4.69) is 5.32 Å². The molecule has 0 atom stereocenters. The molecule has 0 heterocycles. The zero-order chi connectivity index (χ0) is 9.84. The van der Waals surface area contributed by atoms with Gasteiger partial charge in [0.1, 0.15) is 6.29 Å². The Hall–Kier alpha value is -1.64. The third-order valence-corrected chi connectivity index (χ3v) is 1.56. The van der Waals surface area contributed by atoms with E-state index in [1.165, 1.54) is 6.92 Å². The van der Waals surface area contributed by atoms with Gasteiger partial charge >= 0.3 is 0 Å². The van der Waals surface area contributed by atoms with Gasteiger partial charge in [0.15, 0.2) is 0 Å². The highest BCUT2D eigenvalue weighted by atomic mass is 16.1. The van der Waals surface area contributed by atoms with Crippen LogP contribution >= 0.6 is 0 Å². The second kappa shape index (κ2) is 3.85. The summed E-state index contributed by atoms with van der Waals surface area (Å²) in [5.41, 5.74) is 2.19. The van der Waals surface area contributed by atoms with Crippen LogP contribution in [0.15, 0.2) is 18.2 Å². The van der Waals surface area contributed by atoms with Crippen LogP contribution in [0.2, 0.25) is 0 Å². The molecule has 3 heteroatoms. The maximum absolute atomic E-state index is 10.7. The summed E-state index contributed by atoms with van der Waals surface area (Å²) >= 11 is 0. The number of nitrogens with one attached hydrogen (secondary N) is 1. The third-order valence-electron chi connectivity index (χ3n) is 1.56. The van der Waals surface area contributed by atoms with E-state index in [0.29, 0.717) is 11.3 Å². The first-order valence-electron chi connectivity index (χ1n) is 3.96. The van der Waals surface area contributed by atoms with E-state index >= 15 is 0 Å². The number of hydrogen-bond donors (Lipinski definition) is 1. The molecule has 0 aromatic heterocycles. The number of carbonyl (C=O) groups excluding carboxylic acids is 2. The lowest BCUT2D eigenvalue weighted by molar-refractivity contribution is -0.114. The molecule has 0 radical (unpaired) electrons. The molecular weight excluding hydrogens is 166 g/mol. The summed E-state index contributed by atoms with van der Waals surface area (Å²) in [6.45, 7) is 3.31. The van der Waals surface area contributed by atoms with E-state index < -0.39 is 0 Å². The number of aldehydes is 1. The largest absolute Gasteiger partial charge is 0.326 e. The standard InChI is InChI=1S/C10H11NO2/c1-7-3-9(6-12)5-10(4-7)11-8(2)13/h3-6H,1-2H3,(H,11,13). The van der Waals surface area contributed by atoms with Crippen LogP contribution in [-0.2, 0) is 4.79 Å². The van der Waals surface area contributed by atoms with Crippen molar-refractivity contribution in [3.8, 4) is 0 Å². The molecule has 1 aromatic carbocycles. The minimum atomic E-state index is -0.137. The number of aryl methyl sites for hydroxylation is 1. The second-order valence-corrected chi connectivity index (χ2v) is 2.93. The van der Waals surface area contributed by atoms with Gasteiger partial charge in [0.25, 0.3) is 0 Å². The van der Waals surface area contributed by atoms with Crippen molar-refractivity contribution in [2.45, 2.75) is 13.8 Å². The molecule has 1 aromatic rings. The van der Waals surface area contributed by atoms with Crippen molar-refractivity contribution in [1.82, 2.24) is 0 Å². The van der Waals surface area contributed by atoms with Crippen molar-refractivity contribution < 1.29 is 9.59 Å². The molecule has 1 rings (SSSR count). The molecule has 1 N–H and O–H groups in total. The summed E-state index contributed by atoms with van der Waals surface area (Å²) in [5, 5.41) is 2.62. The van der Waals surface area contributed by atoms with E-state index in [0.717, 1.165) is 11.8 Å². The van der Waals surface area contributed by atoms with Crippen molar-refractivity contribution in [2.24, 2.45) is 0 Å². The highest BCUT2D eigenvalue weighted by Crippen LogP contribution is 2.12. The zero-order valence-electron chi connectivity index (χ0n) is 7.63. The van der Waals surface area contributed by atoms with Crippen LogP contribution in [0, 0.1) is 6.92 Å². The first-order valence-corrected chi connectivity index (χ1v) is 3.96. The van der Waals surface area contributed by atoms with Crippen molar-refractivity contribution in [3.63, 3.8) is 0 Å². The van der Waals surface area contributed by atoms with Gasteiger partial charge < -0.3 is 5.32 Å². The predicted molar refractivity (Wildman–Crippen MR) is 50.9 cm³/mol. The van der Waals surface area contributed by atoms with Crippen LogP contribution < -0.4 is 5.32 Å². The van der Waals surface area contributed by atoms with Gasteiger partial charge in [0, 0.05) is 18.2 Å². The van der Waals surface area contributed by atoms with Gasteiger partial charge in [-0.2, -0.15) is 0 Å². The Morgan fingerprint density at radius 2 is 2.08 bits per heavy atom. The molecule has 0 saturated heterocycles. The summed E-state index contributed by atoms with van der Waals surface area (Å²) in [4.78, 5) is 21.2. The van der Waals surface area contributed by atoms with Gasteiger partial charge in [0.05, 0.1) is 0 Å². The Kier molecular flexibility index (Phi) is 2.80. The van der Waals surface area contributed by atoms with Gasteiger partial charge in [-0.05, 0) is 30.7 Å². The maximum atomic E-state index is 10.7. The smallest absolute Gasteiger partial charge is 0.221 e. The molecule has 1 amide bonds. The normalized spacial score (nSPS) is 9.38. The number of carbonyl (C=O) groups is 2. The van der Waals surface area contributed by atoms with Crippen LogP contribution in [0.3, 0.4) is 0 Å². The molecule has 0 aliphatic carbocycles. The van der Waals surface area contributed by atoms with E-state index in [-0.39, 0.29) is 5.91 Å². The summed E-state index contributed by atoms with van der Waals surface area (Å²) < 4.78 is 0. The Balaban J connectivity index is 3.01. The molecule has 0 unspecified atom stereocenters. The number of benzene rings is 1. The summed E-state index contributed by atoms with van der Waals surface area (Å²) in [5.74, 6) is -0.137. The third kappa shape index (κ3) is 2.71. The van der Waals surface area contributed by atoms with Gasteiger partial charge in [-0.15, -0.1) is 0 Å². The summed E-state index contributed by atoms with van der Waals surface area (Å²) in [6, 6.07) is 5.22. The number of anilines is 1. The number of hydrogen-bond acceptors (Lipinski definition) is 2. The lowest BCUT2D eigenvalue weighted by Gasteiger charge is -2.03. The van der Waals surface area contributed by atoms with Crippen molar-refractivity contribution >= 4 is 17.9 Å². The second-order valence-electron chi connectivity index (χ2n) is 2.93. The Morgan fingerprint density at radius 3 is 2.62 bits per heavy atom. The minimum Gasteiger partial charge on any atom is -0.326 e. The number of rotatable bonds is 2. The lowest BCUT2D eigenvalue weighted by atomic mass is 10.1. The van der Waals surface area contributed by atoms with Crippen LogP contribution in [-0.4, -0.2) is 12.2 Å². The predicted octanol–water partition coefficient (Wildman–Crippen LogP) is 1.77. The molecule has 3 nitrogen and oxygen atoms in total. The highest BCUT2D eigenvalue weighted by Gasteiger charge is 1.98. The van der Waals surface area contributed by atoms with Crippen molar-refractivity contribution in [2.75, 3.05) is 5.32 Å². The molecule has 0 aliphatic rings. The van der Waals surface area contributed by atoms with Crippen molar-refractivity contribution in [1.29, 1.82) is 0 Å². The molecular formula is C10H11NO2. The fourth-order valence-electron chi connectivity index (χ4n) is 1.16. The SMILES string of the molecule is CC(=O)Nc1cc(C)cc(C=O)c1. The fourth-order valence-corrected chi connectivity index (χ4v) is 1.16. The average Bonchev–Trinajstić information content (AvgIpc) is 2.01. The lowest BCUT2D eigenvalue weighted by Crippen LogP contribution is -2.06. The highest BCUT2D eigenvalue weighted by molar-refractivity contribution is 5.90. The van der Waals surface area contributed by atoms with E-state index in [9.17, 15) is 9.59 Å². The molecule has 68 valence electrons. The Labute approximate surface area is 76.8 Å². The topological polar surface area (TPSA) is 46.2 Å². The molecule has 0 spiro atoms. The van der Waals surface area contributed by atoms with Crippen LogP contribution in [0.4, 0.5) is 5.69 Å². The minimum absolute atomic E-state index is 0.137. The zero-order valence-corrected chi connectivity index (χ0v) is 7.63. The number of amides is 1. The van der Waals surface area contributed by atoms with Crippen molar-refractivity contribution in [3.05, 3.63) is 29.3 Å². The van der Waals surface area contributed by atoms with Gasteiger partial charge in [-0.1, -0.05) is 0 Å². The molecule has 0 bridgehead atoms. The van der Waals surface area contributed by atoms with Crippen LogP contribution in [0.25, 0.3) is 0 Å². The maximum Gasteiger partial charge on any atom is 0.221 e. The summed E-state index contributed by atoms with van der Waals surface area (Å²) in [6.07, 6.45) is 0.762. The average molecular weight is 177 g/mol. The molecule has 0 fully saturated rings. The van der Waals surface area contributed by atoms with E-state index in [1.54, 1.807) is 12.1 Å². The van der Waals surface area contributed by atoms with E-state index in [1.807, 2.05) is 13.0 Å². The first kappa shape index (κ1) is 9.45. The van der Waals surface area contributed by atoms with Gasteiger partial charge in [-0.25, -0.2) is 0 Å².